The monoisotopic (exact) mass is 233 g/mol. The third kappa shape index (κ3) is 2.86. The predicted molar refractivity (Wildman–Crippen MR) is 67.3 cm³/mol. The van der Waals surface area contributed by atoms with Crippen LogP contribution in [0.4, 0.5) is 0 Å². The molecule has 0 aliphatic carbocycles. The van der Waals surface area contributed by atoms with Gasteiger partial charge in [-0.05, 0) is 17.7 Å². The summed E-state index contributed by atoms with van der Waals surface area (Å²) < 4.78 is 0. The van der Waals surface area contributed by atoms with Crippen LogP contribution in [0, 0.1) is 17.3 Å². The zero-order valence-corrected chi connectivity index (χ0v) is 9.38. The normalized spacial score (nSPS) is 10.5. The van der Waals surface area contributed by atoms with Crippen LogP contribution in [0.15, 0.2) is 30.0 Å². The molecule has 1 aromatic carbocycles. The molecule has 0 fully saturated rings. The van der Waals surface area contributed by atoms with Gasteiger partial charge >= 0.3 is 0 Å². The standard InChI is InChI=1S/C12H12ClN3/c13-12-3-1-2-10(11(12)8-16)5-4-9(6-14)7-15/h1-3,6-7,14H,8,15-16H2/b9-7-,14-6?. The van der Waals surface area contributed by atoms with Gasteiger partial charge in [0.25, 0.3) is 0 Å². The van der Waals surface area contributed by atoms with E-state index in [9.17, 15) is 0 Å². The Morgan fingerprint density at radius 3 is 2.81 bits per heavy atom. The van der Waals surface area contributed by atoms with Crippen LogP contribution < -0.4 is 11.5 Å². The van der Waals surface area contributed by atoms with Crippen molar-refractivity contribution in [3.05, 3.63) is 46.1 Å². The molecule has 5 N–H and O–H groups in total. The topological polar surface area (TPSA) is 75.9 Å². The molecule has 0 heterocycles. The van der Waals surface area contributed by atoms with Crippen molar-refractivity contribution >= 4 is 17.8 Å². The third-order valence-electron chi connectivity index (χ3n) is 2.00. The molecule has 0 aromatic heterocycles. The van der Waals surface area contributed by atoms with E-state index in [1.165, 1.54) is 6.20 Å². The van der Waals surface area contributed by atoms with E-state index in [2.05, 4.69) is 11.8 Å². The summed E-state index contributed by atoms with van der Waals surface area (Å²) in [6.07, 6.45) is 2.38. The molecule has 0 radical (unpaired) electrons. The molecule has 82 valence electrons. The summed E-state index contributed by atoms with van der Waals surface area (Å²) in [6.45, 7) is 0.329. The van der Waals surface area contributed by atoms with Gasteiger partial charge < -0.3 is 16.9 Å². The lowest BCUT2D eigenvalue weighted by Crippen LogP contribution is -2.00. The van der Waals surface area contributed by atoms with Crippen molar-refractivity contribution in [3.63, 3.8) is 0 Å². The molecular weight excluding hydrogens is 222 g/mol. The van der Waals surface area contributed by atoms with E-state index in [-0.39, 0.29) is 0 Å². The number of nitrogens with two attached hydrogens (primary N) is 2. The van der Waals surface area contributed by atoms with Gasteiger partial charge in [-0.1, -0.05) is 29.5 Å². The van der Waals surface area contributed by atoms with Crippen LogP contribution in [0.5, 0.6) is 0 Å². The summed E-state index contributed by atoms with van der Waals surface area (Å²) in [4.78, 5) is 0. The molecule has 0 saturated carbocycles. The predicted octanol–water partition coefficient (Wildman–Crippen LogP) is 1.64. The molecule has 3 nitrogen and oxygen atoms in total. The van der Waals surface area contributed by atoms with Crippen molar-refractivity contribution in [1.82, 2.24) is 0 Å². The zero-order valence-electron chi connectivity index (χ0n) is 8.63. The number of hydrogen-bond acceptors (Lipinski definition) is 3. The lowest BCUT2D eigenvalue weighted by Gasteiger charge is -2.03. The van der Waals surface area contributed by atoms with Gasteiger partial charge in [0.05, 0.1) is 5.57 Å². The second kappa shape index (κ2) is 5.96. The Labute approximate surface area is 99.6 Å². The highest BCUT2D eigenvalue weighted by molar-refractivity contribution is 6.31. The zero-order chi connectivity index (χ0) is 12.0. The smallest absolute Gasteiger partial charge is 0.0579 e. The minimum Gasteiger partial charge on any atom is -0.404 e. The number of benzene rings is 1. The van der Waals surface area contributed by atoms with Crippen molar-refractivity contribution in [2.45, 2.75) is 6.54 Å². The molecule has 1 aromatic rings. The molecule has 0 aliphatic rings. The highest BCUT2D eigenvalue weighted by Gasteiger charge is 2.02. The Hall–Kier alpha value is -1.76. The highest BCUT2D eigenvalue weighted by Crippen LogP contribution is 2.18. The molecule has 0 saturated heterocycles. The fraction of sp³-hybridized carbons (Fsp3) is 0.0833. The summed E-state index contributed by atoms with van der Waals surface area (Å²) in [7, 11) is 0. The van der Waals surface area contributed by atoms with Gasteiger partial charge in [-0.15, -0.1) is 0 Å². The Balaban J connectivity index is 3.15. The van der Waals surface area contributed by atoms with Gasteiger partial charge in [0.1, 0.15) is 0 Å². The number of rotatable bonds is 2. The van der Waals surface area contributed by atoms with Crippen LogP contribution in [-0.4, -0.2) is 6.21 Å². The molecular formula is C12H12ClN3. The van der Waals surface area contributed by atoms with E-state index in [1.807, 2.05) is 12.1 Å². The molecule has 4 heteroatoms. The van der Waals surface area contributed by atoms with Crippen LogP contribution >= 0.6 is 11.6 Å². The maximum absolute atomic E-state index is 7.04. The summed E-state index contributed by atoms with van der Waals surface area (Å²) in [5.74, 6) is 5.66. The maximum Gasteiger partial charge on any atom is 0.0579 e. The largest absolute Gasteiger partial charge is 0.404 e. The molecule has 1 rings (SSSR count). The van der Waals surface area contributed by atoms with E-state index in [0.29, 0.717) is 17.1 Å². The van der Waals surface area contributed by atoms with Crippen LogP contribution in [0.3, 0.4) is 0 Å². The van der Waals surface area contributed by atoms with Gasteiger partial charge in [0, 0.05) is 29.5 Å². The van der Waals surface area contributed by atoms with Crippen LogP contribution in [0.2, 0.25) is 5.02 Å². The van der Waals surface area contributed by atoms with E-state index in [1.54, 1.807) is 6.07 Å². The fourth-order valence-corrected chi connectivity index (χ4v) is 1.40. The Bertz CT molecular complexity index is 481. The molecule has 16 heavy (non-hydrogen) atoms. The summed E-state index contributed by atoms with van der Waals surface area (Å²) in [6, 6.07) is 5.41. The minimum absolute atomic E-state index is 0.329. The first-order valence-corrected chi connectivity index (χ1v) is 5.02. The first-order chi connectivity index (χ1) is 7.72. The minimum atomic E-state index is 0.329. The van der Waals surface area contributed by atoms with Gasteiger partial charge in [-0.3, -0.25) is 0 Å². The Morgan fingerprint density at radius 2 is 2.25 bits per heavy atom. The van der Waals surface area contributed by atoms with Crippen molar-refractivity contribution in [2.75, 3.05) is 0 Å². The molecule has 0 spiro atoms. The van der Waals surface area contributed by atoms with Crippen LogP contribution in [0.1, 0.15) is 11.1 Å². The quantitative estimate of drug-likeness (QED) is 0.537. The van der Waals surface area contributed by atoms with E-state index >= 15 is 0 Å². The van der Waals surface area contributed by atoms with Gasteiger partial charge in [-0.2, -0.15) is 0 Å². The molecule has 0 unspecified atom stereocenters. The third-order valence-corrected chi connectivity index (χ3v) is 2.35. The van der Waals surface area contributed by atoms with Crippen molar-refractivity contribution in [1.29, 1.82) is 5.41 Å². The van der Waals surface area contributed by atoms with Crippen LogP contribution in [0.25, 0.3) is 0 Å². The molecule has 0 amide bonds. The number of halogens is 1. The Kier molecular flexibility index (Phi) is 4.59. The van der Waals surface area contributed by atoms with Crippen molar-refractivity contribution in [3.8, 4) is 11.8 Å². The van der Waals surface area contributed by atoms with Gasteiger partial charge in [0.2, 0.25) is 0 Å². The number of hydrogen-bond donors (Lipinski definition) is 3. The second-order valence-electron chi connectivity index (χ2n) is 2.99. The average molecular weight is 234 g/mol. The summed E-state index contributed by atoms with van der Waals surface area (Å²) in [5, 5.41) is 7.64. The van der Waals surface area contributed by atoms with E-state index in [4.69, 9.17) is 28.5 Å². The van der Waals surface area contributed by atoms with Crippen molar-refractivity contribution < 1.29 is 0 Å². The molecule has 0 bridgehead atoms. The van der Waals surface area contributed by atoms with Crippen LogP contribution in [-0.2, 0) is 6.54 Å². The summed E-state index contributed by atoms with van der Waals surface area (Å²) >= 11 is 5.98. The first-order valence-electron chi connectivity index (χ1n) is 4.64. The first kappa shape index (κ1) is 12.3. The number of allylic oxidation sites excluding steroid dienone is 1. The number of nitrogens with one attached hydrogen (secondary N) is 1. The van der Waals surface area contributed by atoms with E-state index < -0.39 is 0 Å². The van der Waals surface area contributed by atoms with E-state index in [0.717, 1.165) is 17.3 Å². The Morgan fingerprint density at radius 1 is 1.50 bits per heavy atom. The fourth-order valence-electron chi connectivity index (χ4n) is 1.15. The molecule has 0 aliphatic heterocycles. The molecule has 0 atom stereocenters. The van der Waals surface area contributed by atoms with Crippen molar-refractivity contribution in [2.24, 2.45) is 11.5 Å². The summed E-state index contributed by atoms with van der Waals surface area (Å²) in [5.41, 5.74) is 12.9. The van der Waals surface area contributed by atoms with Gasteiger partial charge in [0.15, 0.2) is 0 Å². The lowest BCUT2D eigenvalue weighted by atomic mass is 10.1. The van der Waals surface area contributed by atoms with Gasteiger partial charge in [-0.25, -0.2) is 0 Å². The lowest BCUT2D eigenvalue weighted by molar-refractivity contribution is 1.06. The highest BCUT2D eigenvalue weighted by atomic mass is 35.5. The SMILES string of the molecule is N=C/C(C#Cc1cccc(Cl)c1CN)=C\N. The average Bonchev–Trinajstić information content (AvgIpc) is 2.30. The second-order valence-corrected chi connectivity index (χ2v) is 3.39. The maximum atomic E-state index is 7.04.